The number of nitrogen functional groups attached to an aromatic ring is 1. The van der Waals surface area contributed by atoms with Gasteiger partial charge in [0.1, 0.15) is 29.4 Å². The number of hydrogen-bond acceptors (Lipinski definition) is 6. The number of rotatable bonds is 4. The molecule has 0 bridgehead atoms. The van der Waals surface area contributed by atoms with Crippen molar-refractivity contribution in [3.63, 3.8) is 0 Å². The van der Waals surface area contributed by atoms with Gasteiger partial charge in [-0.3, -0.25) is 4.79 Å². The molecule has 1 atom stereocenters. The first-order valence-corrected chi connectivity index (χ1v) is 12.3. The minimum absolute atomic E-state index is 0.0653. The summed E-state index contributed by atoms with van der Waals surface area (Å²) in [5.74, 6) is -0.705. The van der Waals surface area contributed by atoms with Crippen molar-refractivity contribution >= 4 is 28.4 Å². The van der Waals surface area contributed by atoms with Crippen molar-refractivity contribution in [3.05, 3.63) is 95.1 Å². The minimum atomic E-state index is -0.603. The van der Waals surface area contributed by atoms with Crippen molar-refractivity contribution in [1.29, 1.82) is 0 Å². The Bertz CT molecular complexity index is 1710. The van der Waals surface area contributed by atoms with E-state index in [2.05, 4.69) is 9.97 Å². The van der Waals surface area contributed by atoms with Crippen LogP contribution >= 0.6 is 0 Å². The predicted molar refractivity (Wildman–Crippen MR) is 143 cm³/mol. The van der Waals surface area contributed by atoms with Crippen LogP contribution < -0.4 is 10.6 Å². The van der Waals surface area contributed by atoms with E-state index in [1.165, 1.54) is 18.5 Å². The van der Waals surface area contributed by atoms with Crippen molar-refractivity contribution in [2.24, 2.45) is 0 Å². The molecule has 38 heavy (non-hydrogen) atoms. The molecule has 0 saturated carbocycles. The van der Waals surface area contributed by atoms with E-state index in [1.807, 2.05) is 61.2 Å². The zero-order valence-electron chi connectivity index (χ0n) is 20.9. The van der Waals surface area contributed by atoms with E-state index < -0.39 is 5.82 Å². The van der Waals surface area contributed by atoms with Gasteiger partial charge in [0.15, 0.2) is 5.65 Å². The summed E-state index contributed by atoms with van der Waals surface area (Å²) in [6.45, 7) is 4.25. The normalized spacial score (nSPS) is 15.2. The number of anilines is 2. The van der Waals surface area contributed by atoms with Crippen LogP contribution in [0.3, 0.4) is 0 Å². The molecule has 1 aliphatic heterocycles. The Kier molecular flexibility index (Phi) is 5.56. The highest BCUT2D eigenvalue weighted by molar-refractivity contribution is 6.10. The van der Waals surface area contributed by atoms with Crippen molar-refractivity contribution in [2.45, 2.75) is 32.9 Å². The summed E-state index contributed by atoms with van der Waals surface area (Å²) in [5.41, 5.74) is 11.8. The molecule has 1 unspecified atom stereocenters. The van der Waals surface area contributed by atoms with Gasteiger partial charge >= 0.3 is 0 Å². The standard InChI is InChI=1S/C29H25FN6O2/c1-16-6-3-4-9-23(16)36-21(11-18-8-5-7-17(2)24(18)29(36)38)14-35-28-25(27(31)32-15-33-28)26(34-35)19-10-20(30)13-22(37)12-19/h3-10,12-13,15,21,37H,11,14H2,1-2H3,(H2,31,32,33). The number of carbonyl (C=O) groups excluding carboxylic acids is 1. The lowest BCUT2D eigenvalue weighted by atomic mass is 9.89. The Labute approximate surface area is 218 Å². The van der Waals surface area contributed by atoms with Crippen LogP contribution in [0.15, 0.2) is 67.0 Å². The summed E-state index contributed by atoms with van der Waals surface area (Å²) in [5, 5.41) is 15.2. The van der Waals surface area contributed by atoms with E-state index in [1.54, 1.807) is 4.68 Å². The second kappa shape index (κ2) is 8.95. The number of carbonyl (C=O) groups is 1. The van der Waals surface area contributed by atoms with E-state index >= 15 is 0 Å². The maximum Gasteiger partial charge on any atom is 0.259 e. The summed E-state index contributed by atoms with van der Waals surface area (Å²) in [7, 11) is 0. The number of fused-ring (bicyclic) bond motifs is 2. The van der Waals surface area contributed by atoms with E-state index in [0.29, 0.717) is 35.3 Å². The zero-order chi connectivity index (χ0) is 26.6. The quantitative estimate of drug-likeness (QED) is 0.361. The van der Waals surface area contributed by atoms with E-state index in [9.17, 15) is 14.3 Å². The molecule has 9 heteroatoms. The largest absolute Gasteiger partial charge is 0.508 e. The molecule has 6 rings (SSSR count). The Morgan fingerprint density at radius 1 is 1.05 bits per heavy atom. The van der Waals surface area contributed by atoms with Gasteiger partial charge in [-0.25, -0.2) is 19.0 Å². The number of nitrogens with zero attached hydrogens (tertiary/aromatic N) is 5. The number of benzene rings is 3. The summed E-state index contributed by atoms with van der Waals surface area (Å²) in [6, 6.07) is 17.2. The number of aromatic hydroxyl groups is 1. The fourth-order valence-corrected chi connectivity index (χ4v) is 5.39. The average molecular weight is 509 g/mol. The third-order valence-corrected chi connectivity index (χ3v) is 7.09. The predicted octanol–water partition coefficient (Wildman–Crippen LogP) is 4.81. The van der Waals surface area contributed by atoms with Crippen LogP contribution in [-0.2, 0) is 13.0 Å². The number of phenolic OH excluding ortho intramolecular Hbond substituents is 1. The Balaban J connectivity index is 1.51. The first-order valence-electron chi connectivity index (χ1n) is 12.3. The highest BCUT2D eigenvalue weighted by atomic mass is 19.1. The van der Waals surface area contributed by atoms with Crippen molar-refractivity contribution in [2.75, 3.05) is 10.6 Å². The summed E-state index contributed by atoms with van der Waals surface area (Å²) >= 11 is 0. The number of phenols is 1. The summed E-state index contributed by atoms with van der Waals surface area (Å²) < 4.78 is 15.9. The molecule has 2 aromatic heterocycles. The van der Waals surface area contributed by atoms with Gasteiger partial charge in [0.05, 0.1) is 18.0 Å². The van der Waals surface area contributed by atoms with Crippen LogP contribution in [0.4, 0.5) is 15.9 Å². The lowest BCUT2D eigenvalue weighted by Gasteiger charge is -2.38. The molecule has 0 fully saturated rings. The van der Waals surface area contributed by atoms with E-state index in [0.717, 1.165) is 34.0 Å². The number of hydrogen-bond donors (Lipinski definition) is 2. The Morgan fingerprint density at radius 2 is 1.84 bits per heavy atom. The van der Waals surface area contributed by atoms with Crippen molar-refractivity contribution in [3.8, 4) is 17.0 Å². The maximum atomic E-state index is 14.2. The minimum Gasteiger partial charge on any atom is -0.508 e. The third kappa shape index (κ3) is 3.83. The van der Waals surface area contributed by atoms with Gasteiger partial charge in [0, 0.05) is 22.9 Å². The molecule has 3 aromatic carbocycles. The molecular formula is C29H25FN6O2. The smallest absolute Gasteiger partial charge is 0.259 e. The number of aryl methyl sites for hydroxylation is 2. The molecule has 0 saturated heterocycles. The Morgan fingerprint density at radius 3 is 2.63 bits per heavy atom. The molecule has 0 aliphatic carbocycles. The van der Waals surface area contributed by atoms with Crippen LogP contribution in [0.1, 0.15) is 27.0 Å². The molecule has 1 amide bonds. The summed E-state index contributed by atoms with van der Waals surface area (Å²) in [6.07, 6.45) is 1.96. The summed E-state index contributed by atoms with van der Waals surface area (Å²) in [4.78, 5) is 24.4. The van der Waals surface area contributed by atoms with Gasteiger partial charge in [-0.2, -0.15) is 5.10 Å². The van der Waals surface area contributed by atoms with Crippen LogP contribution in [0, 0.1) is 19.7 Å². The van der Waals surface area contributed by atoms with Gasteiger partial charge in [0.25, 0.3) is 5.91 Å². The third-order valence-electron chi connectivity index (χ3n) is 7.09. The number of nitrogens with two attached hydrogens (primary N) is 1. The molecule has 8 nitrogen and oxygen atoms in total. The number of amides is 1. The van der Waals surface area contributed by atoms with Gasteiger partial charge < -0.3 is 15.7 Å². The molecule has 3 N–H and O–H groups in total. The monoisotopic (exact) mass is 508 g/mol. The highest BCUT2D eigenvalue weighted by Gasteiger charge is 2.36. The van der Waals surface area contributed by atoms with Gasteiger partial charge in [0.2, 0.25) is 0 Å². The fraction of sp³-hybridized carbons (Fsp3) is 0.172. The molecule has 0 radical (unpaired) electrons. The molecule has 5 aromatic rings. The number of aromatic nitrogens is 4. The number of para-hydroxylation sites is 1. The first-order chi connectivity index (χ1) is 18.3. The van der Waals surface area contributed by atoms with Crippen LogP contribution in [0.5, 0.6) is 5.75 Å². The van der Waals surface area contributed by atoms with Gasteiger partial charge in [-0.15, -0.1) is 0 Å². The van der Waals surface area contributed by atoms with Crippen LogP contribution in [0.25, 0.3) is 22.3 Å². The van der Waals surface area contributed by atoms with Crippen LogP contribution in [0.2, 0.25) is 0 Å². The Hall–Kier alpha value is -4.79. The van der Waals surface area contributed by atoms with E-state index in [4.69, 9.17) is 10.8 Å². The molecular weight excluding hydrogens is 483 g/mol. The molecule has 1 aliphatic rings. The first kappa shape index (κ1) is 23.6. The topological polar surface area (TPSA) is 110 Å². The number of halogens is 1. The van der Waals surface area contributed by atoms with E-state index in [-0.39, 0.29) is 23.5 Å². The second-order valence-corrected chi connectivity index (χ2v) is 9.61. The SMILES string of the molecule is Cc1ccccc1N1C(=O)c2c(C)cccc2CC1Cn1nc(-c2cc(O)cc(F)c2)c2c(N)ncnc21. The second-order valence-electron chi connectivity index (χ2n) is 9.61. The van der Waals surface area contributed by atoms with Crippen molar-refractivity contribution in [1.82, 2.24) is 19.7 Å². The molecule has 3 heterocycles. The van der Waals surface area contributed by atoms with Gasteiger partial charge in [-0.05, 0) is 55.2 Å². The maximum absolute atomic E-state index is 14.2. The van der Waals surface area contributed by atoms with Crippen LogP contribution in [-0.4, -0.2) is 36.8 Å². The molecule has 0 spiro atoms. The average Bonchev–Trinajstić information content (AvgIpc) is 3.24. The van der Waals surface area contributed by atoms with Crippen molar-refractivity contribution < 1.29 is 14.3 Å². The molecule has 190 valence electrons. The lowest BCUT2D eigenvalue weighted by Crippen LogP contribution is -2.48. The zero-order valence-corrected chi connectivity index (χ0v) is 20.9. The van der Waals surface area contributed by atoms with Gasteiger partial charge in [-0.1, -0.05) is 36.4 Å². The lowest BCUT2D eigenvalue weighted by molar-refractivity contribution is 0.0963. The fourth-order valence-electron chi connectivity index (χ4n) is 5.39. The highest BCUT2D eigenvalue weighted by Crippen LogP contribution is 2.35.